The van der Waals surface area contributed by atoms with Crippen LogP contribution in [0.4, 0.5) is 11.6 Å². The van der Waals surface area contributed by atoms with Crippen molar-refractivity contribution in [1.82, 2.24) is 15.0 Å². The number of methoxy groups -OCH3 is 1. The SMILES string of the molecule is COCCOc1ccc(Nc2ncnc(C)n2)cc1. The molecule has 1 aromatic carbocycles. The number of benzene rings is 1. The van der Waals surface area contributed by atoms with Gasteiger partial charge in [-0.25, -0.2) is 9.97 Å². The first-order valence-electron chi connectivity index (χ1n) is 5.92. The van der Waals surface area contributed by atoms with Gasteiger partial charge in [0.2, 0.25) is 5.95 Å². The highest BCUT2D eigenvalue weighted by molar-refractivity contribution is 5.54. The number of aromatic nitrogens is 3. The molecule has 6 heteroatoms. The Bertz CT molecular complexity index is 516. The van der Waals surface area contributed by atoms with E-state index in [0.717, 1.165) is 11.4 Å². The molecule has 0 spiro atoms. The first kappa shape index (κ1) is 13.2. The van der Waals surface area contributed by atoms with Crippen molar-refractivity contribution in [3.8, 4) is 5.75 Å². The fourth-order valence-electron chi connectivity index (χ4n) is 1.44. The summed E-state index contributed by atoms with van der Waals surface area (Å²) < 4.78 is 10.4. The number of nitrogens with one attached hydrogen (secondary N) is 1. The van der Waals surface area contributed by atoms with Crippen molar-refractivity contribution in [3.63, 3.8) is 0 Å². The second-order valence-electron chi connectivity index (χ2n) is 3.85. The molecule has 0 amide bonds. The van der Waals surface area contributed by atoms with E-state index in [1.165, 1.54) is 6.33 Å². The second-order valence-corrected chi connectivity index (χ2v) is 3.85. The lowest BCUT2D eigenvalue weighted by Gasteiger charge is -2.07. The Morgan fingerprint density at radius 3 is 2.58 bits per heavy atom. The van der Waals surface area contributed by atoms with Crippen LogP contribution in [0, 0.1) is 6.92 Å². The Balaban J connectivity index is 1.95. The predicted octanol–water partition coefficient (Wildman–Crippen LogP) is 1.95. The van der Waals surface area contributed by atoms with Gasteiger partial charge in [0.15, 0.2) is 0 Å². The van der Waals surface area contributed by atoms with Gasteiger partial charge in [-0.1, -0.05) is 0 Å². The minimum Gasteiger partial charge on any atom is -0.491 e. The van der Waals surface area contributed by atoms with Gasteiger partial charge in [-0.15, -0.1) is 0 Å². The van der Waals surface area contributed by atoms with E-state index in [4.69, 9.17) is 9.47 Å². The van der Waals surface area contributed by atoms with Crippen LogP contribution in [0.3, 0.4) is 0 Å². The van der Waals surface area contributed by atoms with Crippen molar-refractivity contribution in [2.45, 2.75) is 6.92 Å². The molecule has 100 valence electrons. The number of rotatable bonds is 6. The van der Waals surface area contributed by atoms with Gasteiger partial charge in [0.25, 0.3) is 0 Å². The van der Waals surface area contributed by atoms with E-state index < -0.39 is 0 Å². The zero-order valence-electron chi connectivity index (χ0n) is 11.0. The molecule has 0 bridgehead atoms. The van der Waals surface area contributed by atoms with Crippen LogP contribution in [0.5, 0.6) is 5.75 Å². The molecule has 0 fully saturated rings. The summed E-state index contributed by atoms with van der Waals surface area (Å²) in [4.78, 5) is 12.2. The molecule has 6 nitrogen and oxygen atoms in total. The molecule has 0 unspecified atom stereocenters. The molecular weight excluding hydrogens is 244 g/mol. The van der Waals surface area contributed by atoms with Crippen molar-refractivity contribution in [1.29, 1.82) is 0 Å². The lowest BCUT2D eigenvalue weighted by molar-refractivity contribution is 0.146. The standard InChI is InChI=1S/C13H16N4O2/c1-10-14-9-15-13(16-10)17-11-3-5-12(6-4-11)19-8-7-18-2/h3-6,9H,7-8H2,1-2H3,(H,14,15,16,17). The molecule has 1 aromatic heterocycles. The van der Waals surface area contributed by atoms with Gasteiger partial charge in [-0.2, -0.15) is 4.98 Å². The number of aryl methyl sites for hydroxylation is 1. The summed E-state index contributed by atoms with van der Waals surface area (Å²) in [6.45, 7) is 2.93. The van der Waals surface area contributed by atoms with Gasteiger partial charge >= 0.3 is 0 Å². The van der Waals surface area contributed by atoms with Gasteiger partial charge in [-0.05, 0) is 31.2 Å². The van der Waals surface area contributed by atoms with Crippen molar-refractivity contribution in [2.24, 2.45) is 0 Å². The number of ether oxygens (including phenoxy) is 2. The molecule has 0 saturated carbocycles. The van der Waals surface area contributed by atoms with E-state index in [9.17, 15) is 0 Å². The summed E-state index contributed by atoms with van der Waals surface area (Å²) in [5, 5.41) is 3.10. The Morgan fingerprint density at radius 2 is 1.89 bits per heavy atom. The minimum absolute atomic E-state index is 0.528. The average molecular weight is 260 g/mol. The molecule has 0 saturated heterocycles. The minimum atomic E-state index is 0.528. The van der Waals surface area contributed by atoms with Crippen LogP contribution < -0.4 is 10.1 Å². The largest absolute Gasteiger partial charge is 0.491 e. The monoisotopic (exact) mass is 260 g/mol. The molecule has 0 aliphatic carbocycles. The number of hydrogen-bond donors (Lipinski definition) is 1. The van der Waals surface area contributed by atoms with Crippen molar-refractivity contribution in [3.05, 3.63) is 36.4 Å². The van der Waals surface area contributed by atoms with Crippen LogP contribution in [-0.4, -0.2) is 35.3 Å². The zero-order chi connectivity index (χ0) is 13.5. The summed E-state index contributed by atoms with van der Waals surface area (Å²) in [6, 6.07) is 7.57. The Labute approximate surface area is 111 Å². The molecule has 19 heavy (non-hydrogen) atoms. The van der Waals surface area contributed by atoms with Crippen LogP contribution in [-0.2, 0) is 4.74 Å². The molecule has 1 N–H and O–H groups in total. The Kier molecular flexibility index (Phi) is 4.63. The molecule has 0 atom stereocenters. The van der Waals surface area contributed by atoms with Crippen molar-refractivity contribution in [2.75, 3.05) is 25.6 Å². The smallest absolute Gasteiger partial charge is 0.230 e. The van der Waals surface area contributed by atoms with Gasteiger partial charge in [0.1, 0.15) is 24.5 Å². The van der Waals surface area contributed by atoms with E-state index in [1.807, 2.05) is 31.2 Å². The Morgan fingerprint density at radius 1 is 1.11 bits per heavy atom. The maximum absolute atomic E-state index is 5.48. The molecule has 2 aromatic rings. The van der Waals surface area contributed by atoms with Gasteiger partial charge in [-0.3, -0.25) is 0 Å². The third-order valence-electron chi connectivity index (χ3n) is 2.36. The molecule has 0 radical (unpaired) electrons. The van der Waals surface area contributed by atoms with E-state index >= 15 is 0 Å². The molecule has 1 heterocycles. The molecule has 0 aliphatic heterocycles. The first-order valence-corrected chi connectivity index (χ1v) is 5.92. The van der Waals surface area contributed by atoms with Crippen LogP contribution in [0.1, 0.15) is 5.82 Å². The summed E-state index contributed by atoms with van der Waals surface area (Å²) in [5.74, 6) is 2.01. The maximum Gasteiger partial charge on any atom is 0.230 e. The summed E-state index contributed by atoms with van der Waals surface area (Å²) in [5.41, 5.74) is 0.893. The third-order valence-corrected chi connectivity index (χ3v) is 2.36. The predicted molar refractivity (Wildman–Crippen MR) is 71.7 cm³/mol. The normalized spacial score (nSPS) is 10.2. The number of nitrogens with zero attached hydrogens (tertiary/aromatic N) is 3. The lowest BCUT2D eigenvalue weighted by atomic mass is 10.3. The highest BCUT2D eigenvalue weighted by atomic mass is 16.5. The lowest BCUT2D eigenvalue weighted by Crippen LogP contribution is -2.04. The van der Waals surface area contributed by atoms with E-state index in [1.54, 1.807) is 7.11 Å². The quantitative estimate of drug-likeness (QED) is 0.800. The Hall–Kier alpha value is -2.21. The third kappa shape index (κ3) is 4.18. The average Bonchev–Trinajstić information content (AvgIpc) is 2.41. The van der Waals surface area contributed by atoms with Crippen LogP contribution >= 0.6 is 0 Å². The van der Waals surface area contributed by atoms with E-state index in [0.29, 0.717) is 25.0 Å². The van der Waals surface area contributed by atoms with Crippen molar-refractivity contribution >= 4 is 11.6 Å². The molecule has 0 aliphatic rings. The highest BCUT2D eigenvalue weighted by Crippen LogP contribution is 2.17. The van der Waals surface area contributed by atoms with Gasteiger partial charge < -0.3 is 14.8 Å². The topological polar surface area (TPSA) is 69.2 Å². The number of hydrogen-bond acceptors (Lipinski definition) is 6. The zero-order valence-corrected chi connectivity index (χ0v) is 11.0. The second kappa shape index (κ2) is 6.65. The summed E-state index contributed by atoms with van der Waals surface area (Å²) in [7, 11) is 1.65. The summed E-state index contributed by atoms with van der Waals surface area (Å²) in [6.07, 6.45) is 1.48. The van der Waals surface area contributed by atoms with Gasteiger partial charge in [0, 0.05) is 12.8 Å². The summed E-state index contributed by atoms with van der Waals surface area (Å²) >= 11 is 0. The first-order chi connectivity index (χ1) is 9.28. The van der Waals surface area contributed by atoms with Crippen LogP contribution in [0.25, 0.3) is 0 Å². The molecular formula is C13H16N4O2. The van der Waals surface area contributed by atoms with Crippen molar-refractivity contribution < 1.29 is 9.47 Å². The highest BCUT2D eigenvalue weighted by Gasteiger charge is 1.99. The van der Waals surface area contributed by atoms with Crippen LogP contribution in [0.2, 0.25) is 0 Å². The fourth-order valence-corrected chi connectivity index (χ4v) is 1.44. The van der Waals surface area contributed by atoms with E-state index in [-0.39, 0.29) is 0 Å². The maximum atomic E-state index is 5.48. The van der Waals surface area contributed by atoms with Crippen LogP contribution in [0.15, 0.2) is 30.6 Å². The van der Waals surface area contributed by atoms with Gasteiger partial charge in [0.05, 0.1) is 6.61 Å². The van der Waals surface area contributed by atoms with E-state index in [2.05, 4.69) is 20.3 Å². The number of anilines is 2. The molecule has 2 rings (SSSR count). The fraction of sp³-hybridized carbons (Fsp3) is 0.308.